The van der Waals surface area contributed by atoms with Crippen LogP contribution in [0.4, 0.5) is 39.5 Å². The zero-order valence-corrected chi connectivity index (χ0v) is 16.8. The summed E-state index contributed by atoms with van der Waals surface area (Å²) in [6.07, 6.45) is -16.8. The summed E-state index contributed by atoms with van der Waals surface area (Å²) in [5.74, 6) is -5.22. The summed E-state index contributed by atoms with van der Waals surface area (Å²) >= 11 is 0. The molecule has 1 amide bonds. The predicted octanol–water partition coefficient (Wildman–Crippen LogP) is 4.90. The number of alkyl halides is 9. The molecule has 2 fully saturated rings. The molecule has 13 heteroatoms. The molecule has 0 aromatic heterocycles. The van der Waals surface area contributed by atoms with E-state index in [1.807, 2.05) is 0 Å². The maximum Gasteiger partial charge on any atom is 0.417 e. The monoisotopic (exact) mass is 487 g/mol. The molecule has 4 nitrogen and oxygen atoms in total. The Morgan fingerprint density at radius 1 is 1.03 bits per heavy atom. The molecule has 1 N–H and O–H groups in total. The first kappa shape index (κ1) is 25.1. The smallest absolute Gasteiger partial charge is 0.334 e. The molecule has 1 unspecified atom stereocenters. The topological polar surface area (TPSA) is 56.1 Å². The van der Waals surface area contributed by atoms with Crippen LogP contribution in [0.3, 0.4) is 0 Å². The molecule has 3 rings (SSSR count). The van der Waals surface area contributed by atoms with Crippen LogP contribution in [0, 0.1) is 22.7 Å². The molecule has 2 aliphatic heterocycles. The van der Waals surface area contributed by atoms with Crippen LogP contribution in [0.25, 0.3) is 0 Å². The molecule has 1 aromatic rings. The number of nitrogens with one attached hydrogen (secondary N) is 1. The largest absolute Gasteiger partial charge is 0.417 e. The molecule has 2 saturated heterocycles. The first-order valence-corrected chi connectivity index (χ1v) is 9.88. The third-order valence-electron chi connectivity index (χ3n) is 6.39. The van der Waals surface area contributed by atoms with Crippen LogP contribution in [0.2, 0.25) is 0 Å². The summed E-state index contributed by atoms with van der Waals surface area (Å²) in [4.78, 5) is 13.5. The highest BCUT2D eigenvalue weighted by molar-refractivity contribution is 5.95. The number of nitrogens with zero attached hydrogens (tertiary/aromatic N) is 2. The zero-order chi connectivity index (χ0) is 24.8. The first-order valence-electron chi connectivity index (χ1n) is 9.88. The number of amides is 1. The Kier molecular flexibility index (Phi) is 6.38. The van der Waals surface area contributed by atoms with E-state index in [9.17, 15) is 44.3 Å². The van der Waals surface area contributed by atoms with Crippen molar-refractivity contribution in [1.82, 2.24) is 10.2 Å². The maximum absolute atomic E-state index is 13.7. The lowest BCUT2D eigenvalue weighted by Crippen LogP contribution is -2.58. The van der Waals surface area contributed by atoms with E-state index in [2.05, 4.69) is 5.32 Å². The number of benzene rings is 1. The lowest BCUT2D eigenvalue weighted by atomic mass is 9.68. The molecule has 0 saturated carbocycles. The molecule has 0 bridgehead atoms. The van der Waals surface area contributed by atoms with E-state index in [-0.39, 0.29) is 32.4 Å². The minimum absolute atomic E-state index is 0.0503. The Morgan fingerprint density at radius 3 is 2.09 bits per heavy atom. The molecule has 1 atom stereocenters. The summed E-state index contributed by atoms with van der Waals surface area (Å²) in [5, 5.41) is 11.7. The molecular weight excluding hydrogens is 469 g/mol. The van der Waals surface area contributed by atoms with Crippen molar-refractivity contribution in [2.45, 2.75) is 43.8 Å². The van der Waals surface area contributed by atoms with Gasteiger partial charge in [-0.2, -0.15) is 44.8 Å². The molecule has 0 aliphatic carbocycles. The standard InChI is InChI=1S/C20H18F9N3O/c21-18(22,23)13-9-11(1-2-12(13)10-30)16(33)32-8-5-17(3-6-31-7-4-17)15(32)14(19(24,25)26)20(27,28)29/h1-2,9,14-15,31H,3-8H2. The van der Waals surface area contributed by atoms with Gasteiger partial charge in [-0.15, -0.1) is 0 Å². The Labute approximate surface area is 182 Å². The van der Waals surface area contributed by atoms with Gasteiger partial charge in [-0.25, -0.2) is 0 Å². The second-order valence-corrected chi connectivity index (χ2v) is 8.24. The second kappa shape index (κ2) is 8.38. The molecule has 33 heavy (non-hydrogen) atoms. The van der Waals surface area contributed by atoms with Gasteiger partial charge in [0.2, 0.25) is 0 Å². The van der Waals surface area contributed by atoms with Gasteiger partial charge in [0, 0.05) is 12.1 Å². The van der Waals surface area contributed by atoms with Crippen LogP contribution in [-0.4, -0.2) is 48.8 Å². The molecule has 182 valence electrons. The molecule has 2 aliphatic rings. The van der Waals surface area contributed by atoms with Crippen molar-refractivity contribution in [3.63, 3.8) is 0 Å². The molecule has 2 heterocycles. The third kappa shape index (κ3) is 4.76. The van der Waals surface area contributed by atoms with Crippen LogP contribution >= 0.6 is 0 Å². The fraction of sp³-hybridized carbons (Fsp3) is 0.600. The quantitative estimate of drug-likeness (QED) is 0.604. The van der Waals surface area contributed by atoms with Crippen molar-refractivity contribution in [2.75, 3.05) is 19.6 Å². The molecular formula is C20H18F9N3O. The first-order chi connectivity index (χ1) is 15.1. The van der Waals surface area contributed by atoms with E-state index < -0.39 is 65.0 Å². The molecule has 1 spiro atoms. The highest BCUT2D eigenvalue weighted by atomic mass is 19.4. The average Bonchev–Trinajstić information content (AvgIpc) is 3.02. The number of carbonyl (C=O) groups is 1. The van der Waals surface area contributed by atoms with Crippen LogP contribution in [-0.2, 0) is 6.18 Å². The Balaban J connectivity index is 2.11. The van der Waals surface area contributed by atoms with Crippen molar-refractivity contribution in [1.29, 1.82) is 5.26 Å². The van der Waals surface area contributed by atoms with Crippen molar-refractivity contribution in [3.05, 3.63) is 34.9 Å². The van der Waals surface area contributed by atoms with E-state index in [1.165, 1.54) is 6.07 Å². The van der Waals surface area contributed by atoms with E-state index in [1.54, 1.807) is 0 Å². The Bertz CT molecular complexity index is 926. The summed E-state index contributed by atoms with van der Waals surface area (Å²) in [7, 11) is 0. The van der Waals surface area contributed by atoms with E-state index >= 15 is 0 Å². The van der Waals surface area contributed by atoms with E-state index in [4.69, 9.17) is 5.26 Å². The number of likely N-dealkylation sites (tertiary alicyclic amines) is 1. The maximum atomic E-state index is 13.7. The van der Waals surface area contributed by atoms with Gasteiger partial charge in [-0.3, -0.25) is 4.79 Å². The second-order valence-electron chi connectivity index (χ2n) is 8.24. The SMILES string of the molecule is N#Cc1ccc(C(=O)N2CCC3(CCNCC3)C2C(C(F)(F)F)C(F)(F)F)cc1C(F)(F)F. The van der Waals surface area contributed by atoms with Crippen molar-refractivity contribution >= 4 is 5.91 Å². The molecule has 0 radical (unpaired) electrons. The lowest BCUT2D eigenvalue weighted by molar-refractivity contribution is -0.303. The van der Waals surface area contributed by atoms with E-state index in [0.717, 1.165) is 6.07 Å². The highest BCUT2D eigenvalue weighted by Gasteiger charge is 2.68. The number of hydrogen-bond acceptors (Lipinski definition) is 3. The van der Waals surface area contributed by atoms with Gasteiger partial charge in [0.05, 0.1) is 23.2 Å². The zero-order valence-electron chi connectivity index (χ0n) is 16.8. The summed E-state index contributed by atoms with van der Waals surface area (Å²) in [6.45, 7) is -0.167. The van der Waals surface area contributed by atoms with Gasteiger partial charge < -0.3 is 10.2 Å². The number of carbonyl (C=O) groups excluding carboxylic acids is 1. The summed E-state index contributed by atoms with van der Waals surface area (Å²) in [5.41, 5.74) is -4.54. The van der Waals surface area contributed by atoms with Gasteiger partial charge in [-0.05, 0) is 56.0 Å². The summed E-state index contributed by atoms with van der Waals surface area (Å²) < 4.78 is 122. The Morgan fingerprint density at radius 2 is 1.61 bits per heavy atom. The van der Waals surface area contributed by atoms with E-state index in [0.29, 0.717) is 17.0 Å². The van der Waals surface area contributed by atoms with Crippen molar-refractivity contribution < 1.29 is 44.3 Å². The van der Waals surface area contributed by atoms with Crippen molar-refractivity contribution in [3.8, 4) is 6.07 Å². The molecule has 1 aromatic carbocycles. The predicted molar refractivity (Wildman–Crippen MR) is 95.7 cm³/mol. The minimum atomic E-state index is -5.73. The fourth-order valence-corrected chi connectivity index (χ4v) is 4.91. The normalized spacial score (nSPS) is 21.5. The minimum Gasteiger partial charge on any atom is -0.334 e. The van der Waals surface area contributed by atoms with Crippen LogP contribution < -0.4 is 5.32 Å². The average molecular weight is 487 g/mol. The Hall–Kier alpha value is -2.49. The third-order valence-corrected chi connectivity index (χ3v) is 6.39. The van der Waals surface area contributed by atoms with Crippen molar-refractivity contribution in [2.24, 2.45) is 11.3 Å². The van der Waals surface area contributed by atoms with Gasteiger partial charge in [0.15, 0.2) is 5.92 Å². The number of rotatable bonds is 2. The van der Waals surface area contributed by atoms with Crippen LogP contribution in [0.15, 0.2) is 18.2 Å². The number of halogens is 9. The number of hydrogen-bond donors (Lipinski definition) is 1. The van der Waals surface area contributed by atoms with Gasteiger partial charge in [0.1, 0.15) is 0 Å². The number of piperidine rings is 1. The number of nitriles is 1. The highest BCUT2D eigenvalue weighted by Crippen LogP contribution is 2.55. The van der Waals surface area contributed by atoms with Crippen LogP contribution in [0.1, 0.15) is 40.7 Å². The summed E-state index contributed by atoms with van der Waals surface area (Å²) in [6, 6.07) is 0.748. The van der Waals surface area contributed by atoms with Gasteiger partial charge >= 0.3 is 18.5 Å². The van der Waals surface area contributed by atoms with Gasteiger partial charge in [0.25, 0.3) is 5.91 Å². The van der Waals surface area contributed by atoms with Crippen LogP contribution in [0.5, 0.6) is 0 Å². The lowest BCUT2D eigenvalue weighted by Gasteiger charge is -2.45. The van der Waals surface area contributed by atoms with Gasteiger partial charge in [-0.1, -0.05) is 0 Å². The fourth-order valence-electron chi connectivity index (χ4n) is 4.91.